The zero-order valence-corrected chi connectivity index (χ0v) is 9.07. The first-order valence-electron chi connectivity index (χ1n) is 4.95. The van der Waals surface area contributed by atoms with Gasteiger partial charge in [-0.3, -0.25) is 0 Å². The third kappa shape index (κ3) is 2.20. The van der Waals surface area contributed by atoms with Gasteiger partial charge in [0.1, 0.15) is 5.69 Å². The number of aromatic nitrogens is 2. The molecule has 0 bridgehead atoms. The molecule has 1 aromatic carbocycles. The molecule has 2 aromatic rings. The normalized spacial score (nSPS) is 11.5. The van der Waals surface area contributed by atoms with E-state index in [1.807, 2.05) is 0 Å². The SMILES string of the molecule is Nc1nc(C(F)(F)F)nc(-c2ccccc2)c1N. The minimum absolute atomic E-state index is 0.0181. The number of nitrogen functional groups attached to an aromatic ring is 2. The van der Waals surface area contributed by atoms with Gasteiger partial charge in [-0.25, -0.2) is 9.97 Å². The Kier molecular flexibility index (Phi) is 2.82. The fraction of sp³-hybridized carbons (Fsp3) is 0.0909. The summed E-state index contributed by atoms with van der Waals surface area (Å²) in [5, 5.41) is 0. The van der Waals surface area contributed by atoms with Crippen LogP contribution in [0.1, 0.15) is 5.82 Å². The molecule has 2 rings (SSSR count). The molecule has 0 saturated carbocycles. The maximum Gasteiger partial charge on any atom is 0.451 e. The number of nitrogens with two attached hydrogens (primary N) is 2. The quantitative estimate of drug-likeness (QED) is 0.818. The highest BCUT2D eigenvalue weighted by molar-refractivity contribution is 5.79. The molecule has 1 heterocycles. The smallest absolute Gasteiger partial charge is 0.394 e. The zero-order valence-electron chi connectivity index (χ0n) is 9.07. The van der Waals surface area contributed by atoms with E-state index in [9.17, 15) is 13.2 Å². The van der Waals surface area contributed by atoms with Gasteiger partial charge in [0, 0.05) is 5.56 Å². The van der Waals surface area contributed by atoms with Gasteiger partial charge in [-0.15, -0.1) is 0 Å². The van der Waals surface area contributed by atoms with Crippen LogP contribution in [-0.2, 0) is 6.18 Å². The van der Waals surface area contributed by atoms with E-state index in [1.54, 1.807) is 30.3 Å². The predicted octanol–water partition coefficient (Wildman–Crippen LogP) is 2.33. The van der Waals surface area contributed by atoms with Crippen molar-refractivity contribution in [2.24, 2.45) is 0 Å². The van der Waals surface area contributed by atoms with Gasteiger partial charge in [-0.05, 0) is 0 Å². The summed E-state index contributed by atoms with van der Waals surface area (Å²) in [7, 11) is 0. The molecule has 18 heavy (non-hydrogen) atoms. The molecule has 0 saturated heterocycles. The third-order valence-electron chi connectivity index (χ3n) is 2.28. The molecule has 1 aromatic heterocycles. The maximum absolute atomic E-state index is 12.6. The number of alkyl halides is 3. The van der Waals surface area contributed by atoms with Gasteiger partial charge in [0.2, 0.25) is 5.82 Å². The van der Waals surface area contributed by atoms with Crippen molar-refractivity contribution in [3.05, 3.63) is 36.2 Å². The van der Waals surface area contributed by atoms with E-state index >= 15 is 0 Å². The lowest BCUT2D eigenvalue weighted by Gasteiger charge is -2.11. The van der Waals surface area contributed by atoms with Gasteiger partial charge < -0.3 is 11.5 Å². The fourth-order valence-electron chi connectivity index (χ4n) is 1.43. The van der Waals surface area contributed by atoms with Crippen LogP contribution in [0.2, 0.25) is 0 Å². The Morgan fingerprint density at radius 3 is 2.11 bits per heavy atom. The molecule has 0 spiro atoms. The van der Waals surface area contributed by atoms with Crippen LogP contribution in [0.3, 0.4) is 0 Å². The number of benzene rings is 1. The first-order valence-corrected chi connectivity index (χ1v) is 4.95. The topological polar surface area (TPSA) is 77.8 Å². The van der Waals surface area contributed by atoms with Crippen LogP contribution in [0.5, 0.6) is 0 Å². The van der Waals surface area contributed by atoms with Crippen LogP contribution in [0, 0.1) is 0 Å². The Hall–Kier alpha value is -2.31. The molecular weight excluding hydrogens is 245 g/mol. The zero-order chi connectivity index (χ0) is 13.3. The molecule has 0 amide bonds. The van der Waals surface area contributed by atoms with E-state index in [0.717, 1.165) is 0 Å². The number of hydrogen-bond acceptors (Lipinski definition) is 4. The summed E-state index contributed by atoms with van der Waals surface area (Å²) in [4.78, 5) is 6.58. The minimum Gasteiger partial charge on any atom is -0.394 e. The maximum atomic E-state index is 12.6. The summed E-state index contributed by atoms with van der Waals surface area (Å²) in [5.74, 6) is -1.68. The minimum atomic E-state index is -4.66. The van der Waals surface area contributed by atoms with E-state index in [0.29, 0.717) is 5.56 Å². The molecular formula is C11H9F3N4. The second kappa shape index (κ2) is 4.17. The van der Waals surface area contributed by atoms with Crippen molar-refractivity contribution in [2.45, 2.75) is 6.18 Å². The molecule has 0 fully saturated rings. The summed E-state index contributed by atoms with van der Waals surface area (Å²) in [6.45, 7) is 0. The molecule has 0 aliphatic rings. The largest absolute Gasteiger partial charge is 0.451 e. The summed E-state index contributed by atoms with van der Waals surface area (Å²) >= 11 is 0. The number of hydrogen-bond donors (Lipinski definition) is 2. The second-order valence-corrected chi connectivity index (χ2v) is 3.56. The van der Waals surface area contributed by atoms with Crippen LogP contribution < -0.4 is 11.5 Å². The highest BCUT2D eigenvalue weighted by atomic mass is 19.4. The Morgan fingerprint density at radius 1 is 0.944 bits per heavy atom. The molecule has 7 heteroatoms. The van der Waals surface area contributed by atoms with Crippen molar-refractivity contribution in [3.63, 3.8) is 0 Å². The van der Waals surface area contributed by atoms with Crippen LogP contribution in [0.25, 0.3) is 11.3 Å². The van der Waals surface area contributed by atoms with E-state index in [2.05, 4.69) is 9.97 Å². The summed E-state index contributed by atoms with van der Waals surface area (Å²) in [6.07, 6.45) is -4.66. The van der Waals surface area contributed by atoms with Crippen molar-refractivity contribution < 1.29 is 13.2 Å². The molecule has 4 nitrogen and oxygen atoms in total. The van der Waals surface area contributed by atoms with E-state index < -0.39 is 12.0 Å². The molecule has 0 atom stereocenters. The number of nitrogens with zero attached hydrogens (tertiary/aromatic N) is 2. The van der Waals surface area contributed by atoms with Gasteiger partial charge in [0.05, 0.1) is 5.69 Å². The summed E-state index contributed by atoms with van der Waals surface area (Å²) in [6, 6.07) is 8.26. The molecule has 0 aliphatic heterocycles. The third-order valence-corrected chi connectivity index (χ3v) is 2.28. The highest BCUT2D eigenvalue weighted by Crippen LogP contribution is 2.33. The van der Waals surface area contributed by atoms with Crippen molar-refractivity contribution in [1.82, 2.24) is 9.97 Å². The van der Waals surface area contributed by atoms with Crippen LogP contribution in [-0.4, -0.2) is 9.97 Å². The van der Waals surface area contributed by atoms with Gasteiger partial charge >= 0.3 is 6.18 Å². The number of anilines is 2. The van der Waals surface area contributed by atoms with Crippen molar-refractivity contribution in [3.8, 4) is 11.3 Å². The molecule has 94 valence electrons. The fourth-order valence-corrected chi connectivity index (χ4v) is 1.43. The van der Waals surface area contributed by atoms with Gasteiger partial charge in [0.15, 0.2) is 5.82 Å². The second-order valence-electron chi connectivity index (χ2n) is 3.56. The molecule has 4 N–H and O–H groups in total. The van der Waals surface area contributed by atoms with E-state index in [4.69, 9.17) is 11.5 Å². The Labute approximate surface area is 100 Å². The van der Waals surface area contributed by atoms with Crippen molar-refractivity contribution >= 4 is 11.5 Å². The number of rotatable bonds is 1. The highest BCUT2D eigenvalue weighted by Gasteiger charge is 2.36. The summed E-state index contributed by atoms with van der Waals surface area (Å²) in [5.41, 5.74) is 11.4. The Bertz CT molecular complexity index is 566. The first kappa shape index (κ1) is 12.2. The number of halogens is 3. The Balaban J connectivity index is 2.64. The average molecular weight is 254 g/mol. The predicted molar refractivity (Wildman–Crippen MR) is 61.3 cm³/mol. The molecule has 0 unspecified atom stereocenters. The Morgan fingerprint density at radius 2 is 1.56 bits per heavy atom. The monoisotopic (exact) mass is 254 g/mol. The molecule has 0 radical (unpaired) electrons. The van der Waals surface area contributed by atoms with Gasteiger partial charge in [-0.2, -0.15) is 13.2 Å². The van der Waals surface area contributed by atoms with Crippen molar-refractivity contribution in [2.75, 3.05) is 11.5 Å². The van der Waals surface area contributed by atoms with Gasteiger partial charge in [-0.1, -0.05) is 30.3 Å². The lowest BCUT2D eigenvalue weighted by Crippen LogP contribution is -2.15. The van der Waals surface area contributed by atoms with Crippen molar-refractivity contribution in [1.29, 1.82) is 0 Å². The standard InChI is InChI=1S/C11H9F3N4/c12-11(13,14)10-17-8(7(15)9(16)18-10)6-4-2-1-3-5-6/h1-5H,15H2,(H2,16,17,18). The lowest BCUT2D eigenvalue weighted by molar-refractivity contribution is -0.144. The van der Waals surface area contributed by atoms with Gasteiger partial charge in [0.25, 0.3) is 0 Å². The van der Waals surface area contributed by atoms with E-state index in [1.165, 1.54) is 0 Å². The summed E-state index contributed by atoms with van der Waals surface area (Å²) < 4.78 is 37.7. The van der Waals surface area contributed by atoms with Crippen LogP contribution in [0.15, 0.2) is 30.3 Å². The first-order chi connectivity index (χ1) is 8.39. The van der Waals surface area contributed by atoms with Crippen LogP contribution >= 0.6 is 0 Å². The van der Waals surface area contributed by atoms with E-state index in [-0.39, 0.29) is 17.2 Å². The van der Waals surface area contributed by atoms with Crippen LogP contribution in [0.4, 0.5) is 24.7 Å². The lowest BCUT2D eigenvalue weighted by atomic mass is 10.1. The molecule has 0 aliphatic carbocycles. The average Bonchev–Trinajstić information content (AvgIpc) is 2.32.